The van der Waals surface area contributed by atoms with Gasteiger partial charge in [0, 0.05) is 37.4 Å². The van der Waals surface area contributed by atoms with Crippen molar-refractivity contribution in [1.29, 1.82) is 0 Å². The minimum absolute atomic E-state index is 0.0783. The second-order valence-corrected chi connectivity index (χ2v) is 12.2. The zero-order chi connectivity index (χ0) is 30.8. The first-order chi connectivity index (χ1) is 20.0. The lowest BCUT2D eigenvalue weighted by Crippen LogP contribution is -2.50. The van der Waals surface area contributed by atoms with E-state index in [1.165, 1.54) is 48.6 Å². The number of hydrogen-bond acceptors (Lipinski definition) is 6. The molecule has 0 aliphatic heterocycles. The molecule has 1 aromatic heterocycles. The van der Waals surface area contributed by atoms with Crippen LogP contribution in [0.15, 0.2) is 60.8 Å². The Morgan fingerprint density at radius 1 is 0.952 bits per heavy atom. The predicted molar refractivity (Wildman–Crippen MR) is 169 cm³/mol. The lowest BCUT2D eigenvalue weighted by atomic mass is 9.74. The zero-order valence-corrected chi connectivity index (χ0v) is 26.1. The molecule has 0 saturated heterocycles. The number of aliphatic hydroxyl groups excluding tert-OH is 1. The van der Waals surface area contributed by atoms with Crippen molar-refractivity contribution in [3.8, 4) is 0 Å². The molecule has 6 nitrogen and oxygen atoms in total. The van der Waals surface area contributed by atoms with E-state index in [2.05, 4.69) is 84.4 Å². The van der Waals surface area contributed by atoms with Crippen molar-refractivity contribution < 1.29 is 13.9 Å². The lowest BCUT2D eigenvalue weighted by molar-refractivity contribution is 0.127. The zero-order valence-electron chi connectivity index (χ0n) is 26.1. The van der Waals surface area contributed by atoms with Crippen molar-refractivity contribution in [2.24, 2.45) is 0 Å². The van der Waals surface area contributed by atoms with Crippen LogP contribution in [0, 0.1) is 11.6 Å². The summed E-state index contributed by atoms with van der Waals surface area (Å²) >= 11 is 0. The third kappa shape index (κ3) is 9.46. The van der Waals surface area contributed by atoms with Crippen molar-refractivity contribution in [3.63, 3.8) is 0 Å². The number of nitrogens with one attached hydrogen (secondary N) is 2. The molecule has 2 unspecified atom stereocenters. The maximum absolute atomic E-state index is 11.9. The van der Waals surface area contributed by atoms with Crippen LogP contribution < -0.4 is 15.5 Å². The second-order valence-electron chi connectivity index (χ2n) is 12.2. The first kappa shape index (κ1) is 33.4. The van der Waals surface area contributed by atoms with Gasteiger partial charge in [-0.1, -0.05) is 70.4 Å². The van der Waals surface area contributed by atoms with E-state index in [1.807, 2.05) is 13.0 Å². The summed E-state index contributed by atoms with van der Waals surface area (Å²) in [7, 11) is 0. The third-order valence-electron chi connectivity index (χ3n) is 8.07. The van der Waals surface area contributed by atoms with Crippen LogP contribution in [0.5, 0.6) is 0 Å². The molecular formula is C34H49F2N5O. The Morgan fingerprint density at radius 3 is 2.17 bits per heavy atom. The van der Waals surface area contributed by atoms with Gasteiger partial charge in [0.15, 0.2) is 0 Å². The highest BCUT2D eigenvalue weighted by atomic mass is 19.1. The predicted octanol–water partition coefficient (Wildman–Crippen LogP) is 7.20. The SMILES string of the molecule is CCN(CC)c1nccc(NC(C)C(O)CNC2(c3cccc(C(C)(C)C)c3)CCCCC2)n1.Fc1cccc(F)c1. The van der Waals surface area contributed by atoms with Crippen LogP contribution >= 0.6 is 0 Å². The summed E-state index contributed by atoms with van der Waals surface area (Å²) in [6.45, 7) is 15.3. The molecule has 0 radical (unpaired) electrons. The molecule has 1 heterocycles. The van der Waals surface area contributed by atoms with E-state index in [0.717, 1.165) is 43.8 Å². The minimum Gasteiger partial charge on any atom is -0.390 e. The lowest BCUT2D eigenvalue weighted by Gasteiger charge is -2.40. The minimum atomic E-state index is -0.545. The summed E-state index contributed by atoms with van der Waals surface area (Å²) in [6, 6.07) is 15.3. The number of aliphatic hydroxyl groups is 1. The Balaban J connectivity index is 0.000000521. The van der Waals surface area contributed by atoms with Gasteiger partial charge in [0.1, 0.15) is 17.5 Å². The van der Waals surface area contributed by atoms with Gasteiger partial charge in [-0.3, -0.25) is 0 Å². The molecule has 2 aromatic carbocycles. The van der Waals surface area contributed by atoms with Crippen LogP contribution in [0.3, 0.4) is 0 Å². The maximum atomic E-state index is 11.9. The van der Waals surface area contributed by atoms with Gasteiger partial charge in [-0.05, 0) is 68.4 Å². The second kappa shape index (κ2) is 15.4. The molecule has 42 heavy (non-hydrogen) atoms. The summed E-state index contributed by atoms with van der Waals surface area (Å²) in [5.74, 6) is 0.387. The molecule has 2 atom stereocenters. The van der Waals surface area contributed by atoms with E-state index < -0.39 is 17.7 Å². The summed E-state index contributed by atoms with van der Waals surface area (Å²) in [6.07, 6.45) is 7.15. The monoisotopic (exact) mass is 581 g/mol. The number of anilines is 2. The average Bonchev–Trinajstić information content (AvgIpc) is 2.97. The molecule has 230 valence electrons. The quantitative estimate of drug-likeness (QED) is 0.235. The summed E-state index contributed by atoms with van der Waals surface area (Å²) in [5.41, 5.74) is 2.75. The van der Waals surface area contributed by atoms with Gasteiger partial charge >= 0.3 is 0 Å². The van der Waals surface area contributed by atoms with Crippen molar-refractivity contribution in [2.45, 2.75) is 96.7 Å². The summed E-state index contributed by atoms with van der Waals surface area (Å²) in [5, 5.41) is 18.2. The highest BCUT2D eigenvalue weighted by Gasteiger charge is 2.35. The van der Waals surface area contributed by atoms with Gasteiger partial charge in [0.25, 0.3) is 0 Å². The largest absolute Gasteiger partial charge is 0.390 e. The fourth-order valence-corrected chi connectivity index (χ4v) is 5.36. The fourth-order valence-electron chi connectivity index (χ4n) is 5.36. The van der Waals surface area contributed by atoms with Crippen molar-refractivity contribution in [3.05, 3.63) is 83.6 Å². The maximum Gasteiger partial charge on any atom is 0.227 e. The van der Waals surface area contributed by atoms with E-state index >= 15 is 0 Å². The van der Waals surface area contributed by atoms with Gasteiger partial charge in [-0.2, -0.15) is 4.98 Å². The van der Waals surface area contributed by atoms with Crippen molar-refractivity contribution >= 4 is 11.8 Å². The molecule has 0 bridgehead atoms. The fraction of sp³-hybridized carbons (Fsp3) is 0.529. The van der Waals surface area contributed by atoms with Crippen LogP contribution in [-0.2, 0) is 11.0 Å². The average molecular weight is 582 g/mol. The molecule has 1 saturated carbocycles. The van der Waals surface area contributed by atoms with E-state index in [1.54, 1.807) is 6.20 Å². The molecule has 8 heteroatoms. The number of nitrogens with zero attached hydrogens (tertiary/aromatic N) is 3. The number of halogens is 2. The van der Waals surface area contributed by atoms with Gasteiger partial charge in [0.05, 0.1) is 12.1 Å². The Labute approximate surface area is 251 Å². The molecule has 3 N–H and O–H groups in total. The van der Waals surface area contributed by atoms with Crippen LogP contribution in [-0.4, -0.2) is 46.9 Å². The van der Waals surface area contributed by atoms with Crippen molar-refractivity contribution in [2.75, 3.05) is 29.9 Å². The first-order valence-corrected chi connectivity index (χ1v) is 15.3. The third-order valence-corrected chi connectivity index (χ3v) is 8.07. The van der Waals surface area contributed by atoms with E-state index in [9.17, 15) is 13.9 Å². The smallest absolute Gasteiger partial charge is 0.227 e. The molecule has 1 fully saturated rings. The normalized spacial score (nSPS) is 16.1. The first-order valence-electron chi connectivity index (χ1n) is 15.3. The molecular weight excluding hydrogens is 532 g/mol. The molecule has 1 aliphatic carbocycles. The Kier molecular flexibility index (Phi) is 12.2. The van der Waals surface area contributed by atoms with Crippen LogP contribution in [0.4, 0.5) is 20.5 Å². The molecule has 0 amide bonds. The summed E-state index contributed by atoms with van der Waals surface area (Å²) < 4.78 is 23.9. The number of aromatic nitrogens is 2. The number of benzene rings is 2. The molecule has 4 rings (SSSR count). The number of rotatable bonds is 10. The Morgan fingerprint density at radius 2 is 1.60 bits per heavy atom. The van der Waals surface area contributed by atoms with Crippen LogP contribution in [0.2, 0.25) is 0 Å². The van der Waals surface area contributed by atoms with Gasteiger partial charge < -0.3 is 20.6 Å². The van der Waals surface area contributed by atoms with Crippen molar-refractivity contribution in [1.82, 2.24) is 15.3 Å². The van der Waals surface area contributed by atoms with Gasteiger partial charge in [-0.15, -0.1) is 0 Å². The molecule has 1 aliphatic rings. The van der Waals surface area contributed by atoms with Crippen LogP contribution in [0.25, 0.3) is 0 Å². The molecule has 0 spiro atoms. The standard InChI is InChI=1S/C28H45N5O.C6H4F2/c1-7-33(8-2)26-29-18-15-25(32-26)31-21(3)24(34)20-30-28(16-10-9-11-17-28)23-14-12-13-22(19-23)27(4,5)6;7-5-2-1-3-6(8)4-5/h12-15,18-19,21,24,30,34H,7-11,16-17,20H2,1-6H3,(H,29,31,32);1-4H. The Hall–Kier alpha value is -3.10. The van der Waals surface area contributed by atoms with Gasteiger partial charge in [-0.25, -0.2) is 13.8 Å². The topological polar surface area (TPSA) is 73.3 Å². The van der Waals surface area contributed by atoms with Gasteiger partial charge in [0.2, 0.25) is 5.95 Å². The van der Waals surface area contributed by atoms with E-state index in [4.69, 9.17) is 0 Å². The summed E-state index contributed by atoms with van der Waals surface area (Å²) in [4.78, 5) is 11.2. The van der Waals surface area contributed by atoms with E-state index in [-0.39, 0.29) is 17.0 Å². The van der Waals surface area contributed by atoms with Crippen LogP contribution in [0.1, 0.15) is 84.8 Å². The highest BCUT2D eigenvalue weighted by molar-refractivity contribution is 5.42. The number of hydrogen-bond donors (Lipinski definition) is 3. The molecule has 3 aromatic rings. The Bertz CT molecular complexity index is 1220. The highest BCUT2D eigenvalue weighted by Crippen LogP contribution is 2.38. The van der Waals surface area contributed by atoms with E-state index in [0.29, 0.717) is 6.54 Å².